The highest BCUT2D eigenvalue weighted by Crippen LogP contribution is 2.50. The fourth-order valence-corrected chi connectivity index (χ4v) is 16.9. The lowest BCUT2D eigenvalue weighted by molar-refractivity contribution is -0.536. The molecule has 0 aliphatic carbocycles. The number of nitrogens with zero attached hydrogens (tertiary/aromatic N) is 6. The van der Waals surface area contributed by atoms with Crippen LogP contribution in [0.5, 0.6) is 0 Å². The Morgan fingerprint density at radius 3 is 0.864 bits per heavy atom. The molecule has 2 saturated heterocycles. The molecule has 3 aliphatic rings. The standard InChI is InChI=1S/2C34H34F6N2O7.C30H26F6N2O5.C4H8O2/c2*1-3-47-30(43)19-29-28(42(45)46)14-15-32(25-12-8-5-9-13-25,41(29)31(44)48-20-23-10-6-4-7-11-23)21-49-22(2)24-16-26(33(35,36)37)18-27(17-24)34(38,39)40;1-20(22-14-24(29(31,32)33)16-25(15-22)30(34,35)36)43-19-28(23-10-6-3-7-11-23)13-12-26(38(40)41)17-37(28)27(39)42-18-21-8-4-2-5-9-21;1-3-6-4(2)5/h2*4-13,16-18,22,28-29H,3,14-15,19-21H2,1-2H3;2-11,14-17,20H,12-13,18-19H2,1H3;3H2,1-2H3/t22-,28+,29-,32-;22-,28-,29+,32-;20-,28-;/m111./s1. The molecule has 0 saturated carbocycles. The van der Waals surface area contributed by atoms with Crippen molar-refractivity contribution in [2.24, 2.45) is 0 Å². The average Bonchev–Trinajstić information content (AvgIpc) is 1.41. The summed E-state index contributed by atoms with van der Waals surface area (Å²) in [5.41, 5.74) is -12.3. The lowest BCUT2D eigenvalue weighted by Gasteiger charge is -2.51. The van der Waals surface area contributed by atoms with Gasteiger partial charge in [0.05, 0.1) is 132 Å². The smallest absolute Gasteiger partial charge is 0.416 e. The third-order valence-corrected chi connectivity index (χ3v) is 24.3. The summed E-state index contributed by atoms with van der Waals surface area (Å²) in [4.78, 5) is 115. The monoisotopic (exact) mass is 2090 g/mol. The summed E-state index contributed by atoms with van der Waals surface area (Å²) < 4.78 is 294. The van der Waals surface area contributed by atoms with E-state index >= 15 is 0 Å². The predicted molar refractivity (Wildman–Crippen MR) is 489 cm³/mol. The summed E-state index contributed by atoms with van der Waals surface area (Å²) in [6.45, 7) is 8.25. The van der Waals surface area contributed by atoms with E-state index < -0.39 is 218 Å². The summed E-state index contributed by atoms with van der Waals surface area (Å²) in [7, 11) is 0. The predicted octanol–water partition coefficient (Wildman–Crippen LogP) is 25.0. The van der Waals surface area contributed by atoms with Gasteiger partial charge in [-0.15, -0.1) is 0 Å². The number of likely N-dealkylation sites (tertiary alicyclic amines) is 2. The van der Waals surface area contributed by atoms with Crippen LogP contribution < -0.4 is 0 Å². The van der Waals surface area contributed by atoms with Gasteiger partial charge in [-0.1, -0.05) is 182 Å². The van der Waals surface area contributed by atoms with Gasteiger partial charge in [0.2, 0.25) is 12.1 Å². The summed E-state index contributed by atoms with van der Waals surface area (Å²) in [6, 6.07) is 47.8. The van der Waals surface area contributed by atoms with Gasteiger partial charge in [0.15, 0.2) is 0 Å². The van der Waals surface area contributed by atoms with Crippen LogP contribution in [0.4, 0.5) is 93.4 Å². The second-order valence-electron chi connectivity index (χ2n) is 34.0. The number of nitro groups is 3. The second kappa shape index (κ2) is 50.7. The van der Waals surface area contributed by atoms with E-state index in [0.29, 0.717) is 76.4 Å². The zero-order valence-electron chi connectivity index (χ0n) is 79.7. The van der Waals surface area contributed by atoms with E-state index in [4.69, 9.17) is 37.9 Å². The number of hydrogen-bond acceptors (Lipinski definition) is 21. The molecule has 3 aliphatic heterocycles. The lowest BCUT2D eigenvalue weighted by atomic mass is 9.76. The van der Waals surface area contributed by atoms with E-state index in [0.717, 1.165) is 20.9 Å². The molecule has 147 heavy (non-hydrogen) atoms. The molecular weight excluding hydrogens is 1990 g/mol. The van der Waals surface area contributed by atoms with E-state index in [1.54, 1.807) is 189 Å². The van der Waals surface area contributed by atoms with Gasteiger partial charge in [-0.25, -0.2) is 14.4 Å². The molecule has 9 aromatic rings. The first-order valence-electron chi connectivity index (χ1n) is 45.6. The van der Waals surface area contributed by atoms with Crippen LogP contribution in [0.3, 0.4) is 0 Å². The third-order valence-electron chi connectivity index (χ3n) is 24.3. The van der Waals surface area contributed by atoms with Crippen LogP contribution in [0, 0.1) is 30.3 Å². The van der Waals surface area contributed by atoms with Gasteiger partial charge < -0.3 is 42.6 Å². The molecule has 12 rings (SSSR count). The highest BCUT2D eigenvalue weighted by molar-refractivity contribution is 5.76. The second-order valence-corrected chi connectivity index (χ2v) is 34.0. The zero-order valence-corrected chi connectivity index (χ0v) is 79.7. The minimum absolute atomic E-state index is 0.00498. The van der Waals surface area contributed by atoms with Crippen molar-refractivity contribution >= 4 is 36.2 Å². The fraction of sp³-hybridized carbons (Fsp3) is 0.392. The first-order valence-corrected chi connectivity index (χ1v) is 45.6. The summed E-state index contributed by atoms with van der Waals surface area (Å²) in [5.74, 6) is -1.87. The maximum atomic E-state index is 14.1. The van der Waals surface area contributed by atoms with Crippen LogP contribution in [-0.4, -0.2) is 129 Å². The Morgan fingerprint density at radius 1 is 0.361 bits per heavy atom. The summed E-state index contributed by atoms with van der Waals surface area (Å²) in [5, 5.41) is 36.3. The molecule has 792 valence electrons. The van der Waals surface area contributed by atoms with Crippen LogP contribution in [0.25, 0.3) is 0 Å². The number of allylic oxidation sites excluding steroid dienone is 1. The van der Waals surface area contributed by atoms with Crippen LogP contribution in [0.15, 0.2) is 248 Å². The number of carbonyl (C=O) groups is 6. The van der Waals surface area contributed by atoms with Crippen molar-refractivity contribution in [2.75, 3.05) is 39.6 Å². The fourth-order valence-electron chi connectivity index (χ4n) is 16.9. The molecule has 3 heterocycles. The van der Waals surface area contributed by atoms with Crippen molar-refractivity contribution in [1.82, 2.24) is 14.7 Å². The van der Waals surface area contributed by atoms with Crippen molar-refractivity contribution in [3.8, 4) is 0 Å². The number of benzene rings is 9. The van der Waals surface area contributed by atoms with E-state index in [9.17, 15) is 138 Å². The van der Waals surface area contributed by atoms with Crippen LogP contribution in [0.2, 0.25) is 0 Å². The highest BCUT2D eigenvalue weighted by atomic mass is 19.4. The molecular formula is C102H102F18N6O21. The quantitative estimate of drug-likeness (QED) is 0.0128. The Balaban J connectivity index is 0.000000239. The van der Waals surface area contributed by atoms with Gasteiger partial charge in [-0.2, -0.15) is 79.0 Å². The Hall–Kier alpha value is -14.2. The van der Waals surface area contributed by atoms with Gasteiger partial charge in [-0.05, 0) is 165 Å². The van der Waals surface area contributed by atoms with Gasteiger partial charge in [0, 0.05) is 36.0 Å². The molecule has 0 radical (unpaired) electrons. The molecule has 0 aromatic heterocycles. The minimum atomic E-state index is -5.10. The number of alkyl halides is 18. The minimum Gasteiger partial charge on any atom is -0.466 e. The molecule has 27 nitrogen and oxygen atoms in total. The Morgan fingerprint density at radius 2 is 0.619 bits per heavy atom. The SMILES string of the molecule is CCOC(=O)C[C@@H]1[C@@H]([N+](=O)[O-])CC[C@@](CO[C@H](C)c2cc(C(F)(F)F)cc(C(F)(F)F)c2)(c2ccccc2)N1C(=O)OCc1ccccc1.CCOC(=O)C[C@H]1[C@H]([N+](=O)[O-])CC[C@@](CO[C@H](C)c2cc(C(F)(F)F)cc(C(F)(F)F)c2)(c2ccccc2)N1C(=O)OCc1ccccc1.CCOC(C)=O.C[C@@H](OC[C@@]1(c2ccccc2)CCC([N+](=O)[O-])=CN1C(=O)OCc1ccccc1)c1cc(C(F)(F)F)cc(C(F)(F)F)c1. The number of halogens is 18. The largest absolute Gasteiger partial charge is 0.466 e. The van der Waals surface area contributed by atoms with E-state index in [-0.39, 0.29) is 107 Å². The maximum Gasteiger partial charge on any atom is 0.416 e. The Kier molecular flexibility index (Phi) is 40.1. The van der Waals surface area contributed by atoms with Crippen molar-refractivity contribution in [2.45, 2.75) is 216 Å². The van der Waals surface area contributed by atoms with Gasteiger partial charge >= 0.3 is 73.2 Å². The number of hydrogen-bond donors (Lipinski definition) is 0. The molecule has 2 fully saturated rings. The number of ether oxygens (including phenoxy) is 9. The van der Waals surface area contributed by atoms with Crippen LogP contribution >= 0.6 is 0 Å². The molecule has 10 atom stereocenters. The van der Waals surface area contributed by atoms with Gasteiger partial charge in [0.1, 0.15) is 31.9 Å². The van der Waals surface area contributed by atoms with Crippen molar-refractivity contribution in [3.05, 3.63) is 362 Å². The van der Waals surface area contributed by atoms with E-state index in [2.05, 4.69) is 4.74 Å². The summed E-state index contributed by atoms with van der Waals surface area (Å²) in [6.07, 6.45) is -38.6. The number of amides is 3. The molecule has 9 aromatic carbocycles. The molecule has 3 amide bonds. The number of esters is 3. The van der Waals surface area contributed by atoms with E-state index in [1.165, 1.54) is 41.5 Å². The van der Waals surface area contributed by atoms with Crippen molar-refractivity contribution < 1.29 is 165 Å². The van der Waals surface area contributed by atoms with Crippen LogP contribution in [0.1, 0.15) is 202 Å². The third kappa shape index (κ3) is 31.4. The molecule has 0 unspecified atom stereocenters. The topological polar surface area (TPSA) is 325 Å². The number of carbonyl (C=O) groups excluding carboxylic acids is 6. The van der Waals surface area contributed by atoms with Crippen molar-refractivity contribution in [1.29, 1.82) is 0 Å². The van der Waals surface area contributed by atoms with Crippen LogP contribution in [-0.2, 0) is 131 Å². The number of piperidine rings is 2. The highest BCUT2D eigenvalue weighted by Gasteiger charge is 2.59. The lowest BCUT2D eigenvalue weighted by Crippen LogP contribution is -2.65. The molecule has 0 bridgehead atoms. The number of rotatable bonds is 31. The maximum absolute atomic E-state index is 14.1. The van der Waals surface area contributed by atoms with Gasteiger partial charge in [0.25, 0.3) is 5.70 Å². The molecule has 0 N–H and O–H groups in total. The Bertz CT molecular complexity index is 5620. The first kappa shape index (κ1) is 116. The van der Waals surface area contributed by atoms with E-state index in [1.807, 2.05) is 0 Å². The van der Waals surface area contributed by atoms with Crippen molar-refractivity contribution in [3.63, 3.8) is 0 Å². The molecule has 45 heteroatoms. The average molecular weight is 2090 g/mol. The normalized spacial score (nSPS) is 19.2. The van der Waals surface area contributed by atoms with Gasteiger partial charge in [-0.3, -0.25) is 59.4 Å². The molecule has 0 spiro atoms. The summed E-state index contributed by atoms with van der Waals surface area (Å²) >= 11 is 0. The Labute approximate surface area is 830 Å². The zero-order chi connectivity index (χ0) is 108. The first-order chi connectivity index (χ1) is 69.1.